The molecular weight excluding hydrogens is 168 g/mol. The minimum Gasteiger partial charge on any atom is -0.337 e. The molecule has 0 aromatic carbocycles. The van der Waals surface area contributed by atoms with Gasteiger partial charge in [0.05, 0.1) is 0 Å². The van der Waals surface area contributed by atoms with Gasteiger partial charge in [-0.25, -0.2) is 0 Å². The number of rotatable bonds is 2. The number of nitrogens with two attached hydrogens (primary N) is 1. The third kappa shape index (κ3) is 2.06. The van der Waals surface area contributed by atoms with Crippen molar-refractivity contribution in [3.05, 3.63) is 22.4 Å². The van der Waals surface area contributed by atoms with Crippen molar-refractivity contribution in [2.24, 2.45) is 0 Å². The highest BCUT2D eigenvalue weighted by molar-refractivity contribution is 7.07. The first-order valence-electron chi connectivity index (χ1n) is 4.61. The lowest BCUT2D eigenvalue weighted by Gasteiger charge is -2.21. The van der Waals surface area contributed by atoms with Gasteiger partial charge in [-0.05, 0) is 16.8 Å². The van der Waals surface area contributed by atoms with Gasteiger partial charge in [-0.1, -0.05) is 0 Å². The molecule has 66 valence electrons. The lowest BCUT2D eigenvalue weighted by atomic mass is 10.3. The average Bonchev–Trinajstić information content (AvgIpc) is 2.59. The largest absolute Gasteiger partial charge is 0.337 e. The van der Waals surface area contributed by atoms with Crippen LogP contribution in [0.3, 0.4) is 0 Å². The van der Waals surface area contributed by atoms with E-state index in [1.54, 1.807) is 4.90 Å². The lowest BCUT2D eigenvalue weighted by molar-refractivity contribution is -0.958. The van der Waals surface area contributed by atoms with Gasteiger partial charge in [0.1, 0.15) is 32.7 Å². The molecule has 0 bridgehead atoms. The van der Waals surface area contributed by atoms with Gasteiger partial charge in [-0.2, -0.15) is 11.3 Å². The summed E-state index contributed by atoms with van der Waals surface area (Å²) in [5.74, 6) is 0. The van der Waals surface area contributed by atoms with E-state index >= 15 is 0 Å². The van der Waals surface area contributed by atoms with Crippen LogP contribution in [0.2, 0.25) is 0 Å². The van der Waals surface area contributed by atoms with Crippen LogP contribution >= 0.6 is 11.3 Å². The molecule has 1 aliphatic heterocycles. The topological polar surface area (TPSA) is 21.1 Å². The van der Waals surface area contributed by atoms with E-state index in [2.05, 4.69) is 22.1 Å². The van der Waals surface area contributed by atoms with Crippen LogP contribution in [0.15, 0.2) is 16.8 Å². The quantitative estimate of drug-likeness (QED) is 0.571. The molecule has 0 unspecified atom stereocenters. The summed E-state index contributed by atoms with van der Waals surface area (Å²) < 4.78 is 0. The molecule has 1 saturated heterocycles. The summed E-state index contributed by atoms with van der Waals surface area (Å²) in [7, 11) is 0. The number of piperazine rings is 1. The highest BCUT2D eigenvalue weighted by Gasteiger charge is 2.15. The van der Waals surface area contributed by atoms with E-state index in [1.807, 2.05) is 11.3 Å². The van der Waals surface area contributed by atoms with Crippen molar-refractivity contribution in [1.82, 2.24) is 0 Å². The van der Waals surface area contributed by atoms with Crippen LogP contribution in [-0.4, -0.2) is 26.2 Å². The van der Waals surface area contributed by atoms with Gasteiger partial charge in [-0.3, -0.25) is 0 Å². The maximum Gasteiger partial charge on any atom is 0.127 e. The zero-order valence-electron chi connectivity index (χ0n) is 7.25. The molecule has 0 radical (unpaired) electrons. The Morgan fingerprint density at radius 2 is 2.25 bits per heavy atom. The second-order valence-corrected chi connectivity index (χ2v) is 4.20. The van der Waals surface area contributed by atoms with Crippen LogP contribution in [0.5, 0.6) is 0 Å². The average molecular weight is 184 g/mol. The van der Waals surface area contributed by atoms with Crippen LogP contribution in [-0.2, 0) is 6.54 Å². The summed E-state index contributed by atoms with van der Waals surface area (Å²) in [6, 6.07) is 2.25. The van der Waals surface area contributed by atoms with Gasteiger partial charge in [-0.15, -0.1) is 0 Å². The molecule has 0 atom stereocenters. The van der Waals surface area contributed by atoms with Gasteiger partial charge >= 0.3 is 0 Å². The van der Waals surface area contributed by atoms with Crippen LogP contribution in [0.1, 0.15) is 5.56 Å². The van der Waals surface area contributed by atoms with Crippen molar-refractivity contribution in [2.75, 3.05) is 26.2 Å². The third-order valence-electron chi connectivity index (χ3n) is 2.44. The molecule has 2 heterocycles. The minimum atomic E-state index is 1.23. The van der Waals surface area contributed by atoms with E-state index in [4.69, 9.17) is 0 Å². The van der Waals surface area contributed by atoms with Gasteiger partial charge in [0.2, 0.25) is 0 Å². The van der Waals surface area contributed by atoms with Crippen molar-refractivity contribution >= 4 is 11.3 Å². The predicted octanol–water partition coefficient (Wildman–Crippen LogP) is -1.29. The third-order valence-corrected chi connectivity index (χ3v) is 3.17. The molecule has 1 aromatic heterocycles. The maximum absolute atomic E-state index is 2.41. The van der Waals surface area contributed by atoms with Crippen LogP contribution < -0.4 is 10.2 Å². The fourth-order valence-electron chi connectivity index (χ4n) is 1.74. The molecule has 0 spiro atoms. The standard InChI is InChI=1S/C9H14N2S/c1-6-12-8-9(1)7-11-4-2-10-3-5-11/h1,6,8,10H,2-5,7H2/p+2. The summed E-state index contributed by atoms with van der Waals surface area (Å²) in [4.78, 5) is 1.75. The van der Waals surface area contributed by atoms with Gasteiger partial charge in [0.25, 0.3) is 0 Å². The van der Waals surface area contributed by atoms with Crippen LogP contribution in [0, 0.1) is 0 Å². The first-order valence-corrected chi connectivity index (χ1v) is 5.56. The molecule has 2 rings (SSSR count). The highest BCUT2D eigenvalue weighted by Crippen LogP contribution is 2.03. The number of hydrogen-bond acceptors (Lipinski definition) is 1. The van der Waals surface area contributed by atoms with E-state index < -0.39 is 0 Å². The normalized spacial score (nSPS) is 19.7. The Kier molecular flexibility index (Phi) is 2.76. The number of quaternary nitrogens is 2. The first kappa shape index (κ1) is 8.23. The molecule has 3 heteroatoms. The molecule has 0 amide bonds. The predicted molar refractivity (Wildman–Crippen MR) is 50.4 cm³/mol. The Hall–Kier alpha value is -0.380. The van der Waals surface area contributed by atoms with Crippen molar-refractivity contribution in [1.29, 1.82) is 0 Å². The van der Waals surface area contributed by atoms with Crippen LogP contribution in [0.25, 0.3) is 0 Å². The number of hydrogen-bond donors (Lipinski definition) is 2. The fraction of sp³-hybridized carbons (Fsp3) is 0.556. The Labute approximate surface area is 77.2 Å². The SMILES string of the molecule is c1cc(C[NH+]2CC[NH2+]CC2)cs1. The monoisotopic (exact) mass is 184 g/mol. The Bertz CT molecular complexity index is 214. The Balaban J connectivity index is 1.86. The molecule has 12 heavy (non-hydrogen) atoms. The van der Waals surface area contributed by atoms with E-state index in [-0.39, 0.29) is 0 Å². The first-order chi connectivity index (χ1) is 5.95. The molecule has 0 saturated carbocycles. The molecular formula is C9H16N2S+2. The zero-order chi connectivity index (χ0) is 8.23. The van der Waals surface area contributed by atoms with Crippen LogP contribution in [0.4, 0.5) is 0 Å². The van der Waals surface area contributed by atoms with E-state index in [9.17, 15) is 0 Å². The molecule has 3 N–H and O–H groups in total. The smallest absolute Gasteiger partial charge is 0.127 e. The molecule has 0 aliphatic carbocycles. The van der Waals surface area contributed by atoms with Crippen molar-refractivity contribution < 1.29 is 10.2 Å². The summed E-state index contributed by atoms with van der Waals surface area (Å²) in [6.45, 7) is 6.50. The highest BCUT2D eigenvalue weighted by atomic mass is 32.1. The summed E-state index contributed by atoms with van der Waals surface area (Å²) in [6.07, 6.45) is 0. The molecule has 1 aliphatic rings. The lowest BCUT2D eigenvalue weighted by Crippen LogP contribution is -3.19. The maximum atomic E-state index is 2.41. The second kappa shape index (κ2) is 4.03. The van der Waals surface area contributed by atoms with Crippen molar-refractivity contribution in [3.8, 4) is 0 Å². The van der Waals surface area contributed by atoms with Gasteiger partial charge in [0.15, 0.2) is 0 Å². The fourth-order valence-corrected chi connectivity index (χ4v) is 2.41. The summed E-state index contributed by atoms with van der Waals surface area (Å²) in [5, 5.41) is 6.85. The Morgan fingerprint density at radius 3 is 2.92 bits per heavy atom. The van der Waals surface area contributed by atoms with Crippen molar-refractivity contribution in [2.45, 2.75) is 6.54 Å². The summed E-state index contributed by atoms with van der Waals surface area (Å²) in [5.41, 5.74) is 1.51. The molecule has 1 aromatic rings. The van der Waals surface area contributed by atoms with E-state index in [1.165, 1.54) is 38.3 Å². The Morgan fingerprint density at radius 1 is 1.42 bits per heavy atom. The van der Waals surface area contributed by atoms with Crippen molar-refractivity contribution in [3.63, 3.8) is 0 Å². The zero-order valence-corrected chi connectivity index (χ0v) is 8.07. The molecule has 1 fully saturated rings. The molecule has 2 nitrogen and oxygen atoms in total. The minimum absolute atomic E-state index is 1.23. The van der Waals surface area contributed by atoms with Gasteiger partial charge < -0.3 is 10.2 Å². The van der Waals surface area contributed by atoms with Gasteiger partial charge in [0, 0.05) is 5.56 Å². The van der Waals surface area contributed by atoms with E-state index in [0.717, 1.165) is 0 Å². The summed E-state index contributed by atoms with van der Waals surface area (Å²) >= 11 is 1.81. The number of thiophene rings is 1. The number of nitrogens with one attached hydrogen (secondary N) is 1. The second-order valence-electron chi connectivity index (χ2n) is 3.42. The van der Waals surface area contributed by atoms with E-state index in [0.29, 0.717) is 0 Å².